The first-order chi connectivity index (χ1) is 15.3. The van der Waals surface area contributed by atoms with Crippen LogP contribution in [0.3, 0.4) is 0 Å². The third-order valence-corrected chi connectivity index (χ3v) is 6.39. The highest BCUT2D eigenvalue weighted by atomic mass is 16.5. The minimum absolute atomic E-state index is 0.00619. The molecule has 0 spiro atoms. The molecule has 7 heteroatoms. The molecule has 1 aliphatic carbocycles. The predicted molar refractivity (Wildman–Crippen MR) is 124 cm³/mol. The van der Waals surface area contributed by atoms with Gasteiger partial charge < -0.3 is 30.3 Å². The first-order valence-corrected chi connectivity index (χ1v) is 10.9. The van der Waals surface area contributed by atoms with Gasteiger partial charge in [-0.15, -0.1) is 0 Å². The zero-order valence-corrected chi connectivity index (χ0v) is 19.6. The predicted octanol–water partition coefficient (Wildman–Crippen LogP) is 4.33. The fourth-order valence-corrected chi connectivity index (χ4v) is 4.76. The molecule has 33 heavy (non-hydrogen) atoms. The van der Waals surface area contributed by atoms with Crippen LogP contribution in [0.1, 0.15) is 67.1 Å². The van der Waals surface area contributed by atoms with Crippen molar-refractivity contribution in [2.45, 2.75) is 58.5 Å². The summed E-state index contributed by atoms with van der Waals surface area (Å²) in [7, 11) is 1.49. The SMILES string of the molecule is COc1c(CC=C(C)C)cc2c(c1O)C[C@@H](C(C)(C)O)[C@@H]2CC(=O)c1c(O)cc(O)cc1O. The van der Waals surface area contributed by atoms with E-state index in [2.05, 4.69) is 0 Å². The lowest BCUT2D eigenvalue weighted by atomic mass is 9.77. The number of allylic oxidation sites excluding steroid dienone is 2. The molecular formula is C26H32O7. The summed E-state index contributed by atoms with van der Waals surface area (Å²) < 4.78 is 5.48. The number of methoxy groups -OCH3 is 1. The van der Waals surface area contributed by atoms with E-state index in [0.717, 1.165) is 28.8 Å². The number of hydrogen-bond donors (Lipinski definition) is 5. The van der Waals surface area contributed by atoms with Gasteiger partial charge in [0, 0.05) is 29.7 Å². The minimum Gasteiger partial charge on any atom is -0.508 e. The van der Waals surface area contributed by atoms with E-state index in [0.29, 0.717) is 24.2 Å². The van der Waals surface area contributed by atoms with E-state index in [9.17, 15) is 30.3 Å². The molecule has 0 saturated carbocycles. The molecule has 2 atom stereocenters. The van der Waals surface area contributed by atoms with Crippen LogP contribution < -0.4 is 4.74 Å². The quantitative estimate of drug-likeness (QED) is 0.310. The average Bonchev–Trinajstić information content (AvgIpc) is 3.04. The Bertz CT molecular complexity index is 1080. The smallest absolute Gasteiger partial charge is 0.170 e. The molecule has 0 aromatic heterocycles. The summed E-state index contributed by atoms with van der Waals surface area (Å²) in [5.74, 6) is -2.40. The van der Waals surface area contributed by atoms with E-state index < -0.39 is 34.7 Å². The second-order valence-corrected chi connectivity index (χ2v) is 9.53. The van der Waals surface area contributed by atoms with E-state index >= 15 is 0 Å². The first-order valence-electron chi connectivity index (χ1n) is 10.9. The number of ketones is 1. The molecule has 0 radical (unpaired) electrons. The summed E-state index contributed by atoms with van der Waals surface area (Å²) in [6.45, 7) is 7.27. The van der Waals surface area contributed by atoms with Gasteiger partial charge in [0.15, 0.2) is 17.3 Å². The molecule has 7 nitrogen and oxygen atoms in total. The third kappa shape index (κ3) is 4.78. The third-order valence-electron chi connectivity index (χ3n) is 6.39. The van der Waals surface area contributed by atoms with E-state index in [-0.39, 0.29) is 23.5 Å². The minimum atomic E-state index is -1.16. The van der Waals surface area contributed by atoms with Crippen molar-refractivity contribution in [1.82, 2.24) is 0 Å². The largest absolute Gasteiger partial charge is 0.508 e. The maximum absolute atomic E-state index is 13.2. The molecule has 0 unspecified atom stereocenters. The molecule has 0 bridgehead atoms. The van der Waals surface area contributed by atoms with Crippen LogP contribution >= 0.6 is 0 Å². The fourth-order valence-electron chi connectivity index (χ4n) is 4.76. The Morgan fingerprint density at radius 2 is 1.73 bits per heavy atom. The van der Waals surface area contributed by atoms with E-state index in [1.54, 1.807) is 13.8 Å². The maximum Gasteiger partial charge on any atom is 0.170 e. The Hall–Kier alpha value is -3.19. The Balaban J connectivity index is 2.11. The van der Waals surface area contributed by atoms with Gasteiger partial charge in [-0.2, -0.15) is 0 Å². The van der Waals surface area contributed by atoms with Gasteiger partial charge in [-0.1, -0.05) is 17.7 Å². The molecule has 2 aromatic carbocycles. The van der Waals surface area contributed by atoms with Crippen molar-refractivity contribution in [2.24, 2.45) is 5.92 Å². The van der Waals surface area contributed by atoms with Gasteiger partial charge in [0.2, 0.25) is 0 Å². The number of phenolic OH excluding ortho intramolecular Hbond substituents is 4. The Morgan fingerprint density at radius 3 is 2.24 bits per heavy atom. The zero-order chi connectivity index (χ0) is 24.7. The number of phenols is 4. The lowest BCUT2D eigenvalue weighted by Crippen LogP contribution is -2.34. The summed E-state index contributed by atoms with van der Waals surface area (Å²) in [6, 6.07) is 3.90. The van der Waals surface area contributed by atoms with Crippen LogP contribution in [0.25, 0.3) is 0 Å². The number of benzene rings is 2. The number of rotatable bonds is 7. The second kappa shape index (κ2) is 8.98. The van der Waals surface area contributed by atoms with Crippen molar-refractivity contribution in [3.63, 3.8) is 0 Å². The Kier molecular flexibility index (Phi) is 6.65. The van der Waals surface area contributed by atoms with Gasteiger partial charge in [-0.3, -0.25) is 4.79 Å². The monoisotopic (exact) mass is 456 g/mol. The van der Waals surface area contributed by atoms with E-state index in [1.807, 2.05) is 26.0 Å². The highest BCUT2D eigenvalue weighted by Crippen LogP contribution is 2.52. The van der Waals surface area contributed by atoms with Gasteiger partial charge in [0.1, 0.15) is 22.8 Å². The van der Waals surface area contributed by atoms with E-state index in [4.69, 9.17) is 4.74 Å². The summed E-state index contributed by atoms with van der Waals surface area (Å²) in [4.78, 5) is 13.2. The number of carbonyl (C=O) groups is 1. The van der Waals surface area contributed by atoms with E-state index in [1.165, 1.54) is 7.11 Å². The molecular weight excluding hydrogens is 424 g/mol. The number of aliphatic hydroxyl groups is 1. The molecule has 3 rings (SSSR count). The van der Waals surface area contributed by atoms with Crippen molar-refractivity contribution >= 4 is 5.78 Å². The average molecular weight is 457 g/mol. The number of Topliss-reactive ketones (excluding diaryl/α,β-unsaturated/α-hetero) is 1. The number of ether oxygens (including phenoxy) is 1. The molecule has 0 heterocycles. The number of hydrogen-bond acceptors (Lipinski definition) is 7. The van der Waals surface area contributed by atoms with Crippen LogP contribution in [0, 0.1) is 5.92 Å². The van der Waals surface area contributed by atoms with Gasteiger partial charge in [0.05, 0.1) is 12.7 Å². The van der Waals surface area contributed by atoms with Gasteiger partial charge in [-0.25, -0.2) is 0 Å². The standard InChI is InChI=1S/C26H32O7/c1-13(2)6-7-14-8-16-17(12-22(30)23-20(28)9-15(27)10-21(23)29)19(26(3,4)32)11-18(16)24(31)25(14)33-5/h6,8-10,17,19,27-29,31-32H,7,11-12H2,1-5H3/t17-,19-/m1/s1. The van der Waals surface area contributed by atoms with Crippen LogP contribution in [-0.4, -0.2) is 44.0 Å². The maximum atomic E-state index is 13.2. The zero-order valence-electron chi connectivity index (χ0n) is 19.6. The highest BCUT2D eigenvalue weighted by Gasteiger charge is 2.44. The topological polar surface area (TPSA) is 127 Å². The van der Waals surface area contributed by atoms with Crippen molar-refractivity contribution in [1.29, 1.82) is 0 Å². The molecule has 0 amide bonds. The Labute approximate surface area is 193 Å². The van der Waals surface area contributed by atoms with Gasteiger partial charge in [-0.05, 0) is 57.9 Å². The van der Waals surface area contributed by atoms with Crippen molar-refractivity contribution < 1.29 is 35.1 Å². The summed E-state index contributed by atoms with van der Waals surface area (Å²) in [5, 5.41) is 51.8. The lowest BCUT2D eigenvalue weighted by Gasteiger charge is -2.31. The summed E-state index contributed by atoms with van der Waals surface area (Å²) in [5.41, 5.74) is 1.79. The van der Waals surface area contributed by atoms with Crippen LogP contribution in [0.4, 0.5) is 0 Å². The Morgan fingerprint density at radius 1 is 1.12 bits per heavy atom. The molecule has 1 aliphatic rings. The number of aromatic hydroxyl groups is 4. The van der Waals surface area contributed by atoms with Crippen LogP contribution in [0.2, 0.25) is 0 Å². The van der Waals surface area contributed by atoms with Crippen molar-refractivity contribution in [3.8, 4) is 28.7 Å². The van der Waals surface area contributed by atoms with Gasteiger partial charge >= 0.3 is 0 Å². The number of carbonyl (C=O) groups excluding carboxylic acids is 1. The fraction of sp³-hybridized carbons (Fsp3) is 0.423. The molecule has 2 aromatic rings. The van der Waals surface area contributed by atoms with Crippen LogP contribution in [0.5, 0.6) is 28.7 Å². The second-order valence-electron chi connectivity index (χ2n) is 9.53. The molecule has 5 N–H and O–H groups in total. The molecule has 0 saturated heterocycles. The van der Waals surface area contributed by atoms with Crippen molar-refractivity contribution in [2.75, 3.05) is 7.11 Å². The van der Waals surface area contributed by atoms with Crippen LogP contribution in [-0.2, 0) is 12.8 Å². The highest BCUT2D eigenvalue weighted by molar-refractivity contribution is 6.02. The summed E-state index contributed by atoms with van der Waals surface area (Å²) in [6.07, 6.45) is 2.77. The number of fused-ring (bicyclic) bond motifs is 1. The first kappa shape index (κ1) is 24.5. The van der Waals surface area contributed by atoms with Crippen molar-refractivity contribution in [3.05, 3.63) is 52.1 Å². The lowest BCUT2D eigenvalue weighted by molar-refractivity contribution is 0.00913. The molecule has 178 valence electrons. The molecule has 0 fully saturated rings. The van der Waals surface area contributed by atoms with Gasteiger partial charge in [0.25, 0.3) is 0 Å². The normalized spacial score (nSPS) is 17.5. The summed E-state index contributed by atoms with van der Waals surface area (Å²) >= 11 is 0. The molecule has 0 aliphatic heterocycles. The van der Waals surface area contributed by atoms with Crippen LogP contribution in [0.15, 0.2) is 29.8 Å².